The van der Waals surface area contributed by atoms with Crippen molar-refractivity contribution >= 4 is 17.6 Å². The van der Waals surface area contributed by atoms with Gasteiger partial charge in [-0.1, -0.05) is 6.92 Å². The number of aromatic nitrogens is 1. The monoisotopic (exact) mass is 349 g/mol. The molecule has 0 spiro atoms. The second-order valence-electron chi connectivity index (χ2n) is 6.69. The minimum atomic E-state index is -0.871. The maximum atomic E-state index is 12.0. The number of hydrogen-bond donors (Lipinski definition) is 2. The first-order valence-electron chi connectivity index (χ1n) is 8.89. The lowest BCUT2D eigenvalue weighted by molar-refractivity contribution is -0.137. The van der Waals surface area contributed by atoms with Crippen molar-refractivity contribution in [3.8, 4) is 0 Å². The third-order valence-corrected chi connectivity index (χ3v) is 4.59. The van der Waals surface area contributed by atoms with Gasteiger partial charge in [0.2, 0.25) is 5.91 Å². The number of carbonyl (C=O) groups is 2. The van der Waals surface area contributed by atoms with Crippen LogP contribution in [0.4, 0.5) is 5.69 Å². The van der Waals surface area contributed by atoms with Crippen molar-refractivity contribution in [2.24, 2.45) is 5.92 Å². The van der Waals surface area contributed by atoms with E-state index in [4.69, 9.17) is 5.11 Å². The van der Waals surface area contributed by atoms with Gasteiger partial charge in [0, 0.05) is 51.3 Å². The molecule has 1 amide bonds. The van der Waals surface area contributed by atoms with Gasteiger partial charge in [-0.3, -0.25) is 14.4 Å². The Balaban J connectivity index is 1.85. The van der Waals surface area contributed by atoms with Crippen LogP contribution in [0.1, 0.15) is 39.0 Å². The summed E-state index contributed by atoms with van der Waals surface area (Å²) in [5, 5.41) is 11.2. The van der Waals surface area contributed by atoms with Gasteiger partial charge >= 0.3 is 5.97 Å². The Hall–Kier alpha value is -2.31. The Kier molecular flexibility index (Phi) is 7.03. The zero-order chi connectivity index (χ0) is 18.2. The molecule has 1 saturated heterocycles. The fraction of sp³-hybridized carbons (Fsp3) is 0.611. The maximum Gasteiger partial charge on any atom is 0.303 e. The van der Waals surface area contributed by atoms with E-state index in [2.05, 4.69) is 17.1 Å². The van der Waals surface area contributed by atoms with E-state index >= 15 is 0 Å². The highest BCUT2D eigenvalue weighted by atomic mass is 16.4. The number of rotatable bonds is 8. The summed E-state index contributed by atoms with van der Waals surface area (Å²) in [6.07, 6.45) is 4.78. The highest BCUT2D eigenvalue weighted by molar-refractivity contribution is 5.75. The van der Waals surface area contributed by atoms with Crippen LogP contribution in [0.5, 0.6) is 0 Å². The number of carboxylic acids is 1. The molecule has 138 valence electrons. The molecular formula is C18H27N3O4. The van der Waals surface area contributed by atoms with Crippen LogP contribution in [0.15, 0.2) is 23.1 Å². The summed E-state index contributed by atoms with van der Waals surface area (Å²) in [6.45, 7) is 4.90. The van der Waals surface area contributed by atoms with Crippen LogP contribution in [0.25, 0.3) is 0 Å². The average Bonchev–Trinajstić information content (AvgIpc) is 2.58. The molecule has 25 heavy (non-hydrogen) atoms. The fourth-order valence-electron chi connectivity index (χ4n) is 2.93. The van der Waals surface area contributed by atoms with E-state index in [0.717, 1.165) is 37.5 Å². The van der Waals surface area contributed by atoms with Crippen molar-refractivity contribution in [2.45, 2.75) is 45.6 Å². The van der Waals surface area contributed by atoms with Gasteiger partial charge in [0.15, 0.2) is 0 Å². The second kappa shape index (κ2) is 9.25. The molecule has 1 aromatic rings. The van der Waals surface area contributed by atoms with E-state index in [9.17, 15) is 14.4 Å². The maximum absolute atomic E-state index is 12.0. The lowest BCUT2D eigenvalue weighted by Crippen LogP contribution is -2.34. The summed E-state index contributed by atoms with van der Waals surface area (Å²) in [7, 11) is 0. The molecule has 2 rings (SSSR count). The fourth-order valence-corrected chi connectivity index (χ4v) is 2.93. The Labute approximate surface area is 147 Å². The summed E-state index contributed by atoms with van der Waals surface area (Å²) in [5.74, 6) is -0.300. The quantitative estimate of drug-likeness (QED) is 0.693. The number of aryl methyl sites for hydroxylation is 1. The lowest BCUT2D eigenvalue weighted by Gasteiger charge is -2.32. The van der Waals surface area contributed by atoms with Crippen LogP contribution in [0, 0.1) is 5.92 Å². The van der Waals surface area contributed by atoms with Gasteiger partial charge in [-0.15, -0.1) is 0 Å². The van der Waals surface area contributed by atoms with E-state index in [1.54, 1.807) is 10.6 Å². The number of nitrogens with zero attached hydrogens (tertiary/aromatic N) is 2. The molecule has 1 aliphatic heterocycles. The van der Waals surface area contributed by atoms with E-state index in [1.165, 1.54) is 0 Å². The number of pyridine rings is 1. The molecule has 0 unspecified atom stereocenters. The molecule has 2 N–H and O–H groups in total. The minimum Gasteiger partial charge on any atom is -0.481 e. The van der Waals surface area contributed by atoms with Gasteiger partial charge in [-0.05, 0) is 31.2 Å². The molecule has 0 aliphatic carbocycles. The van der Waals surface area contributed by atoms with Crippen LogP contribution in [0.2, 0.25) is 0 Å². The first-order valence-corrected chi connectivity index (χ1v) is 8.89. The molecule has 7 nitrogen and oxygen atoms in total. The first kappa shape index (κ1) is 19.0. The predicted molar refractivity (Wildman–Crippen MR) is 95.8 cm³/mol. The standard InChI is InChI=1S/C18H27N3O4/c1-14-6-10-20(11-7-14)15-4-5-17(23)21(13-15)12-8-16(22)19-9-2-3-18(24)25/h4-5,13-14H,2-3,6-12H2,1H3,(H,19,22)(H,24,25). The summed E-state index contributed by atoms with van der Waals surface area (Å²) >= 11 is 0. The van der Waals surface area contributed by atoms with E-state index < -0.39 is 5.97 Å². The third kappa shape index (κ3) is 6.25. The Morgan fingerprint density at radius 2 is 1.96 bits per heavy atom. The number of carboxylic acid groups (broad SMARTS) is 1. The number of piperidine rings is 1. The molecule has 2 heterocycles. The molecule has 0 aromatic carbocycles. The Morgan fingerprint density at radius 3 is 2.64 bits per heavy atom. The number of anilines is 1. The van der Waals surface area contributed by atoms with Gasteiger partial charge in [-0.2, -0.15) is 0 Å². The van der Waals surface area contributed by atoms with Crippen molar-refractivity contribution in [3.63, 3.8) is 0 Å². The molecular weight excluding hydrogens is 322 g/mol. The molecule has 0 bridgehead atoms. The van der Waals surface area contributed by atoms with Crippen LogP contribution < -0.4 is 15.8 Å². The van der Waals surface area contributed by atoms with Crippen molar-refractivity contribution in [1.82, 2.24) is 9.88 Å². The summed E-state index contributed by atoms with van der Waals surface area (Å²) in [5.41, 5.74) is 0.904. The number of nitrogens with one attached hydrogen (secondary N) is 1. The number of aliphatic carboxylic acids is 1. The molecule has 1 fully saturated rings. The van der Waals surface area contributed by atoms with E-state index in [0.29, 0.717) is 19.5 Å². The zero-order valence-corrected chi connectivity index (χ0v) is 14.7. The van der Waals surface area contributed by atoms with Crippen molar-refractivity contribution < 1.29 is 14.7 Å². The van der Waals surface area contributed by atoms with Gasteiger partial charge in [0.25, 0.3) is 5.56 Å². The minimum absolute atomic E-state index is 0.0379. The van der Waals surface area contributed by atoms with Crippen molar-refractivity contribution in [3.05, 3.63) is 28.7 Å². The smallest absolute Gasteiger partial charge is 0.303 e. The number of carbonyl (C=O) groups excluding carboxylic acids is 1. The Bertz CT molecular complexity index is 648. The molecule has 0 saturated carbocycles. The highest BCUT2D eigenvalue weighted by Crippen LogP contribution is 2.21. The van der Waals surface area contributed by atoms with Crippen LogP contribution in [0.3, 0.4) is 0 Å². The molecule has 0 atom stereocenters. The largest absolute Gasteiger partial charge is 0.481 e. The third-order valence-electron chi connectivity index (χ3n) is 4.59. The van der Waals surface area contributed by atoms with Crippen molar-refractivity contribution in [1.29, 1.82) is 0 Å². The van der Waals surface area contributed by atoms with Gasteiger partial charge < -0.3 is 19.9 Å². The summed E-state index contributed by atoms with van der Waals surface area (Å²) in [4.78, 5) is 36.5. The van der Waals surface area contributed by atoms with Crippen LogP contribution in [-0.2, 0) is 16.1 Å². The molecule has 1 aromatic heterocycles. The zero-order valence-electron chi connectivity index (χ0n) is 14.7. The van der Waals surface area contributed by atoms with Gasteiger partial charge in [0.05, 0.1) is 5.69 Å². The Morgan fingerprint density at radius 1 is 1.24 bits per heavy atom. The normalized spacial score (nSPS) is 15.2. The van der Waals surface area contributed by atoms with Crippen LogP contribution >= 0.6 is 0 Å². The lowest BCUT2D eigenvalue weighted by atomic mass is 9.99. The van der Waals surface area contributed by atoms with E-state index in [-0.39, 0.29) is 24.3 Å². The second-order valence-corrected chi connectivity index (χ2v) is 6.69. The van der Waals surface area contributed by atoms with Crippen LogP contribution in [-0.4, -0.2) is 41.2 Å². The topological polar surface area (TPSA) is 91.6 Å². The number of hydrogen-bond acceptors (Lipinski definition) is 4. The summed E-state index contributed by atoms with van der Waals surface area (Å²) < 4.78 is 1.57. The highest BCUT2D eigenvalue weighted by Gasteiger charge is 2.16. The van der Waals surface area contributed by atoms with Gasteiger partial charge in [0.1, 0.15) is 0 Å². The SMILES string of the molecule is CC1CCN(c2ccc(=O)n(CCC(=O)NCCCC(=O)O)c2)CC1. The molecule has 0 radical (unpaired) electrons. The molecule has 1 aliphatic rings. The summed E-state index contributed by atoms with van der Waals surface area (Å²) in [6, 6.07) is 3.40. The first-order chi connectivity index (χ1) is 12.0. The predicted octanol–water partition coefficient (Wildman–Crippen LogP) is 1.46. The van der Waals surface area contributed by atoms with Crippen molar-refractivity contribution in [2.75, 3.05) is 24.5 Å². The number of amides is 1. The van der Waals surface area contributed by atoms with Gasteiger partial charge in [-0.25, -0.2) is 0 Å². The van der Waals surface area contributed by atoms with E-state index in [1.807, 2.05) is 12.3 Å². The average molecular weight is 349 g/mol. The molecule has 7 heteroatoms.